The predicted octanol–water partition coefficient (Wildman–Crippen LogP) is 3.55. The second-order valence-corrected chi connectivity index (χ2v) is 10.5. The van der Waals surface area contributed by atoms with Crippen LogP contribution >= 0.6 is 24.0 Å². The van der Waals surface area contributed by atoms with Crippen LogP contribution in [0.15, 0.2) is 101 Å². The summed E-state index contributed by atoms with van der Waals surface area (Å²) in [5, 5.41) is 22.1. The zero-order chi connectivity index (χ0) is 24.5. The fourth-order valence-electron chi connectivity index (χ4n) is 2.93. The van der Waals surface area contributed by atoms with E-state index in [-0.39, 0.29) is 5.75 Å². The largest absolute Gasteiger partial charge is 0.242 e. The number of benzene rings is 3. The molecule has 2 aromatic heterocycles. The number of thioether (sulfide) groups is 1. The van der Waals surface area contributed by atoms with Crippen LogP contribution in [0.2, 0.25) is 0 Å². The third-order valence-electron chi connectivity index (χ3n) is 4.61. The van der Waals surface area contributed by atoms with Gasteiger partial charge in [0, 0.05) is 5.75 Å². The molecule has 178 valence electrons. The van der Waals surface area contributed by atoms with Crippen LogP contribution in [0.4, 0.5) is 0 Å². The van der Waals surface area contributed by atoms with E-state index >= 15 is 0 Å². The summed E-state index contributed by atoms with van der Waals surface area (Å²) in [7, 11) is -3.29. The lowest BCUT2D eigenvalue weighted by atomic mass is 10.3. The average Bonchev–Trinajstić information content (AvgIpc) is 3.55. The maximum absolute atomic E-state index is 12.2. The van der Waals surface area contributed by atoms with Gasteiger partial charge in [-0.1, -0.05) is 76.7 Å². The van der Waals surface area contributed by atoms with Crippen LogP contribution in [0.3, 0.4) is 0 Å². The summed E-state index contributed by atoms with van der Waals surface area (Å²) in [5.41, 5.74) is 1.78. The third kappa shape index (κ3) is 6.47. The van der Waals surface area contributed by atoms with E-state index in [1.807, 2.05) is 60.7 Å². The summed E-state index contributed by atoms with van der Waals surface area (Å²) in [4.78, 5) is 0.336. The third-order valence-corrected chi connectivity index (χ3v) is 7.79. The summed E-state index contributed by atoms with van der Waals surface area (Å²) in [6, 6.07) is 27.6. The highest BCUT2D eigenvalue weighted by molar-refractivity contribution is 8.00. The van der Waals surface area contributed by atoms with E-state index in [4.69, 9.17) is 12.2 Å². The number of nitrogens with one attached hydrogen (secondary N) is 1. The van der Waals surface area contributed by atoms with Gasteiger partial charge in [-0.05, 0) is 59.0 Å². The molecule has 2 heterocycles. The van der Waals surface area contributed by atoms with Gasteiger partial charge >= 0.3 is 0 Å². The van der Waals surface area contributed by atoms with Crippen molar-refractivity contribution in [2.45, 2.75) is 10.1 Å². The van der Waals surface area contributed by atoms with Gasteiger partial charge in [-0.25, -0.2) is 13.1 Å². The first-order chi connectivity index (χ1) is 17.0. The molecule has 0 aliphatic carbocycles. The maximum atomic E-state index is 12.2. The molecule has 13 heteroatoms. The highest BCUT2D eigenvalue weighted by atomic mass is 32.2. The van der Waals surface area contributed by atoms with Crippen molar-refractivity contribution in [2.75, 3.05) is 11.5 Å². The Hall–Kier alpha value is -3.68. The highest BCUT2D eigenvalue weighted by Gasteiger charge is 2.15. The predicted molar refractivity (Wildman–Crippen MR) is 135 cm³/mol. The van der Waals surface area contributed by atoms with Crippen LogP contribution < -0.4 is 0 Å². The Morgan fingerprint density at radius 3 is 2.03 bits per heavy atom. The second kappa shape index (κ2) is 11.6. The smallest absolute Gasteiger partial charge is 0.224 e. The van der Waals surface area contributed by atoms with Crippen molar-refractivity contribution < 1.29 is 8.42 Å². The molecule has 0 spiro atoms. The number of rotatable bonds is 7. The van der Waals surface area contributed by atoms with Crippen LogP contribution in [0.5, 0.6) is 0 Å². The molecule has 0 aliphatic rings. The van der Waals surface area contributed by atoms with Gasteiger partial charge in [-0.3, -0.25) is 0 Å². The van der Waals surface area contributed by atoms with Crippen molar-refractivity contribution in [3.63, 3.8) is 0 Å². The quantitative estimate of drug-likeness (QED) is 0.251. The van der Waals surface area contributed by atoms with Gasteiger partial charge in [0.1, 0.15) is 0 Å². The minimum atomic E-state index is -3.29. The molecule has 5 aromatic rings. The number of nitrogens with zero attached hydrogens (tertiary/aromatic N) is 7. The number of sulfone groups is 1. The van der Waals surface area contributed by atoms with Gasteiger partial charge in [0.05, 0.1) is 22.0 Å². The van der Waals surface area contributed by atoms with E-state index in [9.17, 15) is 8.42 Å². The van der Waals surface area contributed by atoms with Crippen LogP contribution in [0, 0.1) is 4.77 Å². The SMILES string of the molecule is O=S(=O)(CCSc1nnnn1-c1ccccc1)c1ccccc1.S=c1nn[nH]n1-c1ccccc1. The average molecular weight is 525 g/mol. The Balaban J connectivity index is 0.000000201. The lowest BCUT2D eigenvalue weighted by Crippen LogP contribution is -2.09. The number of hydrogen-bond acceptors (Lipinski definition) is 9. The lowest BCUT2D eigenvalue weighted by molar-refractivity contribution is 0.597. The van der Waals surface area contributed by atoms with Crippen LogP contribution in [-0.2, 0) is 9.84 Å². The van der Waals surface area contributed by atoms with Gasteiger partial charge < -0.3 is 0 Å². The molecule has 0 saturated carbocycles. The molecule has 35 heavy (non-hydrogen) atoms. The van der Waals surface area contributed by atoms with E-state index in [0.29, 0.717) is 20.6 Å². The molecule has 3 aromatic carbocycles. The molecule has 0 radical (unpaired) electrons. The molecule has 1 N–H and O–H groups in total. The molecule has 0 atom stereocenters. The molecule has 5 rings (SSSR count). The Morgan fingerprint density at radius 2 is 1.43 bits per heavy atom. The number of aromatic nitrogens is 8. The standard InChI is InChI=1S/C15H14N4O2S2.C7H6N4S/c20-23(21,14-9-5-2-6-10-14)12-11-22-15-16-17-18-19(15)13-7-3-1-4-8-13;12-7-8-9-10-11(7)6-4-2-1-3-5-6/h1-10H,11-12H2;1-5H,(H,8,10,12). The molecule has 0 fully saturated rings. The fraction of sp³-hybridized carbons (Fsp3) is 0.0909. The first-order valence-corrected chi connectivity index (χ1v) is 13.4. The summed E-state index contributed by atoms with van der Waals surface area (Å²) in [5.74, 6) is 0.410. The lowest BCUT2D eigenvalue weighted by Gasteiger charge is -2.05. The van der Waals surface area contributed by atoms with E-state index in [1.165, 1.54) is 11.8 Å². The Bertz CT molecular complexity index is 1500. The minimum Gasteiger partial charge on any atom is -0.224 e. The normalized spacial score (nSPS) is 11.0. The second-order valence-electron chi connectivity index (χ2n) is 6.94. The number of para-hydroxylation sites is 2. The molecular formula is C22H20N8O2S3. The van der Waals surface area contributed by atoms with Crippen molar-refractivity contribution >= 4 is 33.8 Å². The molecule has 0 aliphatic heterocycles. The minimum absolute atomic E-state index is 0.0311. The molecule has 0 saturated heterocycles. The molecular weight excluding hydrogens is 504 g/mol. The zero-order valence-electron chi connectivity index (χ0n) is 18.2. The van der Waals surface area contributed by atoms with E-state index in [2.05, 4.69) is 31.1 Å². The van der Waals surface area contributed by atoms with Crippen molar-refractivity contribution in [3.05, 3.63) is 95.8 Å². The Morgan fingerprint density at radius 1 is 0.829 bits per heavy atom. The summed E-state index contributed by atoms with van der Waals surface area (Å²) < 4.78 is 28.2. The van der Waals surface area contributed by atoms with Crippen molar-refractivity contribution in [3.8, 4) is 11.4 Å². The van der Waals surface area contributed by atoms with Crippen LogP contribution in [0.1, 0.15) is 0 Å². The molecule has 10 nitrogen and oxygen atoms in total. The number of aromatic amines is 1. The first kappa shape index (κ1) is 24.4. The molecule has 0 unspecified atom stereocenters. The van der Waals surface area contributed by atoms with Crippen molar-refractivity contribution in [1.29, 1.82) is 0 Å². The summed E-state index contributed by atoms with van der Waals surface area (Å²) in [6.07, 6.45) is 0. The zero-order valence-corrected chi connectivity index (χ0v) is 20.7. The maximum Gasteiger partial charge on any atom is 0.242 e. The van der Waals surface area contributed by atoms with Crippen molar-refractivity contribution in [2.24, 2.45) is 0 Å². The van der Waals surface area contributed by atoms with Gasteiger partial charge in [-0.15, -0.1) is 5.10 Å². The Labute approximate surface area is 210 Å². The van der Waals surface area contributed by atoms with Crippen molar-refractivity contribution in [1.82, 2.24) is 40.4 Å². The van der Waals surface area contributed by atoms with Crippen LogP contribution in [0.25, 0.3) is 11.4 Å². The monoisotopic (exact) mass is 524 g/mol. The van der Waals surface area contributed by atoms with E-state index in [1.54, 1.807) is 39.7 Å². The van der Waals surface area contributed by atoms with E-state index < -0.39 is 9.84 Å². The van der Waals surface area contributed by atoms with Gasteiger partial charge in [0.15, 0.2) is 9.84 Å². The fourth-order valence-corrected chi connectivity index (χ4v) is 5.68. The number of H-pyrrole nitrogens is 1. The topological polar surface area (TPSA) is 124 Å². The number of tetrazole rings is 2. The summed E-state index contributed by atoms with van der Waals surface area (Å²) >= 11 is 6.24. The Kier molecular flexibility index (Phi) is 8.13. The number of hydrogen-bond donors (Lipinski definition) is 1. The summed E-state index contributed by atoms with van der Waals surface area (Å²) in [6.45, 7) is 0. The van der Waals surface area contributed by atoms with Gasteiger partial charge in [0.25, 0.3) is 0 Å². The van der Waals surface area contributed by atoms with E-state index in [0.717, 1.165) is 11.4 Å². The van der Waals surface area contributed by atoms with Gasteiger partial charge in [-0.2, -0.15) is 9.90 Å². The van der Waals surface area contributed by atoms with Crippen LogP contribution in [-0.4, -0.2) is 60.3 Å². The first-order valence-electron chi connectivity index (χ1n) is 10.3. The van der Waals surface area contributed by atoms with Gasteiger partial charge in [0.2, 0.25) is 9.93 Å². The highest BCUT2D eigenvalue weighted by Crippen LogP contribution is 2.20. The molecule has 0 bridgehead atoms. The molecule has 0 amide bonds.